The summed E-state index contributed by atoms with van der Waals surface area (Å²) in [5, 5.41) is 2.71. The van der Waals surface area contributed by atoms with E-state index in [2.05, 4.69) is 5.32 Å². The number of hydrogen-bond donors (Lipinski definition) is 1. The van der Waals surface area contributed by atoms with Crippen molar-refractivity contribution < 1.29 is 13.2 Å². The second-order valence-corrected chi connectivity index (χ2v) is 5.70. The Morgan fingerprint density at radius 1 is 1.37 bits per heavy atom. The van der Waals surface area contributed by atoms with Crippen molar-refractivity contribution in [1.29, 1.82) is 0 Å². The predicted octanol–water partition coefficient (Wildman–Crippen LogP) is 1.95. The molecule has 4 nitrogen and oxygen atoms in total. The molecule has 1 aromatic carbocycles. The van der Waals surface area contributed by atoms with Gasteiger partial charge in [-0.15, -0.1) is 11.6 Å². The Morgan fingerprint density at radius 3 is 2.74 bits per heavy atom. The SMILES string of the molecule is Cc1ccc(C(=O)NCCS(=O)OCCCl)cc1C. The number of carbonyl (C=O) groups excluding carboxylic acids is 1. The third kappa shape index (κ3) is 5.72. The normalized spacial score (nSPS) is 12.2. The van der Waals surface area contributed by atoms with Gasteiger partial charge in [0.1, 0.15) is 0 Å². The number of rotatable bonds is 7. The molecule has 0 saturated heterocycles. The standard InChI is InChI=1S/C13H18ClNO3S/c1-10-3-4-12(9-11(10)2)13(16)15-6-8-19(17)18-7-5-14/h3-4,9H,5-8H2,1-2H3,(H,15,16). The number of carbonyl (C=O) groups is 1. The van der Waals surface area contributed by atoms with Gasteiger partial charge in [0.05, 0.1) is 12.4 Å². The number of halogens is 1. The smallest absolute Gasteiger partial charge is 0.251 e. The van der Waals surface area contributed by atoms with Gasteiger partial charge >= 0.3 is 0 Å². The van der Waals surface area contributed by atoms with Gasteiger partial charge in [0.25, 0.3) is 5.91 Å². The molecule has 0 fully saturated rings. The summed E-state index contributed by atoms with van der Waals surface area (Å²) in [6.07, 6.45) is 0. The monoisotopic (exact) mass is 303 g/mol. The van der Waals surface area contributed by atoms with Crippen LogP contribution in [0.25, 0.3) is 0 Å². The first-order valence-electron chi connectivity index (χ1n) is 5.97. The van der Waals surface area contributed by atoms with Crippen LogP contribution in [0.1, 0.15) is 21.5 Å². The van der Waals surface area contributed by atoms with Crippen molar-refractivity contribution in [1.82, 2.24) is 5.32 Å². The number of aryl methyl sites for hydroxylation is 2. The second-order valence-electron chi connectivity index (χ2n) is 4.07. The molecule has 0 aliphatic heterocycles. The predicted molar refractivity (Wildman–Crippen MR) is 77.9 cm³/mol. The van der Waals surface area contributed by atoms with E-state index in [9.17, 15) is 9.00 Å². The first kappa shape index (κ1) is 16.1. The van der Waals surface area contributed by atoms with Crippen molar-refractivity contribution in [3.63, 3.8) is 0 Å². The molecule has 1 amide bonds. The molecule has 0 aromatic heterocycles. The molecule has 0 radical (unpaired) electrons. The van der Waals surface area contributed by atoms with Crippen molar-refractivity contribution in [2.45, 2.75) is 13.8 Å². The summed E-state index contributed by atoms with van der Waals surface area (Å²) in [5.41, 5.74) is 2.82. The average molecular weight is 304 g/mol. The molecule has 1 unspecified atom stereocenters. The van der Waals surface area contributed by atoms with E-state index in [1.807, 2.05) is 26.0 Å². The Bertz CT molecular complexity index is 465. The maximum atomic E-state index is 11.8. The molecule has 1 aromatic rings. The number of nitrogens with one attached hydrogen (secondary N) is 1. The largest absolute Gasteiger partial charge is 0.351 e. The zero-order chi connectivity index (χ0) is 14.3. The van der Waals surface area contributed by atoms with Gasteiger partial charge in [-0.3, -0.25) is 8.98 Å². The lowest BCUT2D eigenvalue weighted by molar-refractivity contribution is 0.0956. The van der Waals surface area contributed by atoms with Crippen LogP contribution in [0.15, 0.2) is 18.2 Å². The zero-order valence-electron chi connectivity index (χ0n) is 11.1. The van der Waals surface area contributed by atoms with Crippen molar-refractivity contribution in [3.05, 3.63) is 34.9 Å². The summed E-state index contributed by atoms with van der Waals surface area (Å²) in [5.74, 6) is 0.395. The molecule has 0 saturated carbocycles. The highest BCUT2D eigenvalue weighted by atomic mass is 35.5. The number of benzene rings is 1. The van der Waals surface area contributed by atoms with E-state index in [0.717, 1.165) is 11.1 Å². The molecule has 0 spiro atoms. The minimum absolute atomic E-state index is 0.169. The van der Waals surface area contributed by atoms with E-state index in [0.29, 0.717) is 18.0 Å². The lowest BCUT2D eigenvalue weighted by atomic mass is 10.1. The Morgan fingerprint density at radius 2 is 2.11 bits per heavy atom. The van der Waals surface area contributed by atoms with Gasteiger partial charge in [-0.05, 0) is 37.1 Å². The fourth-order valence-corrected chi connectivity index (χ4v) is 2.24. The minimum Gasteiger partial charge on any atom is -0.351 e. The zero-order valence-corrected chi connectivity index (χ0v) is 12.6. The maximum Gasteiger partial charge on any atom is 0.251 e. The lowest BCUT2D eigenvalue weighted by Crippen LogP contribution is -2.28. The summed E-state index contributed by atoms with van der Waals surface area (Å²) >= 11 is 4.01. The summed E-state index contributed by atoms with van der Waals surface area (Å²) in [6, 6.07) is 5.52. The molecule has 6 heteroatoms. The van der Waals surface area contributed by atoms with E-state index in [-0.39, 0.29) is 18.3 Å². The number of hydrogen-bond acceptors (Lipinski definition) is 3. The number of alkyl halides is 1. The fourth-order valence-electron chi connectivity index (χ4n) is 1.42. The summed E-state index contributed by atoms with van der Waals surface area (Å²) in [7, 11) is 0. The van der Waals surface area contributed by atoms with Crippen LogP contribution in [-0.2, 0) is 15.3 Å². The molecule has 0 heterocycles. The Hall–Kier alpha value is -0.910. The fraction of sp³-hybridized carbons (Fsp3) is 0.462. The van der Waals surface area contributed by atoms with Crippen LogP contribution in [0.5, 0.6) is 0 Å². The molecule has 0 bridgehead atoms. The topological polar surface area (TPSA) is 55.4 Å². The van der Waals surface area contributed by atoms with Crippen LogP contribution < -0.4 is 5.32 Å². The molecule has 1 rings (SSSR count). The highest BCUT2D eigenvalue weighted by Gasteiger charge is 2.07. The third-order valence-electron chi connectivity index (χ3n) is 2.62. The van der Waals surface area contributed by atoms with E-state index >= 15 is 0 Å². The molecular formula is C13H18ClNO3S. The van der Waals surface area contributed by atoms with E-state index < -0.39 is 11.1 Å². The summed E-state index contributed by atoms with van der Waals surface area (Å²) in [4.78, 5) is 11.8. The second kappa shape index (κ2) is 8.30. The molecule has 1 N–H and O–H groups in total. The first-order chi connectivity index (χ1) is 9.04. The molecule has 19 heavy (non-hydrogen) atoms. The highest BCUT2D eigenvalue weighted by Crippen LogP contribution is 2.09. The van der Waals surface area contributed by atoms with Crippen LogP contribution in [0, 0.1) is 13.8 Å². The van der Waals surface area contributed by atoms with E-state index in [4.69, 9.17) is 15.8 Å². The Labute approximate surface area is 121 Å². The Kier molecular flexibility index (Phi) is 7.05. The molecule has 0 aliphatic carbocycles. The van der Waals surface area contributed by atoms with Crippen LogP contribution in [0.3, 0.4) is 0 Å². The van der Waals surface area contributed by atoms with Crippen LogP contribution in [-0.4, -0.2) is 34.9 Å². The molecule has 0 aliphatic rings. The van der Waals surface area contributed by atoms with Crippen molar-refractivity contribution >= 4 is 28.6 Å². The first-order valence-corrected chi connectivity index (χ1v) is 7.75. The van der Waals surface area contributed by atoms with E-state index in [1.165, 1.54) is 0 Å². The number of amides is 1. The van der Waals surface area contributed by atoms with Gasteiger partial charge in [-0.1, -0.05) is 6.07 Å². The third-order valence-corrected chi connectivity index (χ3v) is 3.74. The van der Waals surface area contributed by atoms with Gasteiger partial charge in [-0.25, -0.2) is 4.21 Å². The van der Waals surface area contributed by atoms with Gasteiger partial charge in [-0.2, -0.15) is 0 Å². The van der Waals surface area contributed by atoms with Crippen molar-refractivity contribution in [2.24, 2.45) is 0 Å². The lowest BCUT2D eigenvalue weighted by Gasteiger charge is -2.07. The van der Waals surface area contributed by atoms with Crippen LogP contribution >= 0.6 is 11.6 Å². The Balaban J connectivity index is 2.39. The van der Waals surface area contributed by atoms with Gasteiger partial charge in [0.2, 0.25) is 0 Å². The van der Waals surface area contributed by atoms with Crippen molar-refractivity contribution in [2.75, 3.05) is 24.8 Å². The average Bonchev–Trinajstić information content (AvgIpc) is 2.39. The molecular weight excluding hydrogens is 286 g/mol. The summed E-state index contributed by atoms with van der Waals surface area (Å²) in [6.45, 7) is 4.51. The van der Waals surface area contributed by atoms with Gasteiger partial charge in [0.15, 0.2) is 11.1 Å². The molecule has 1 atom stereocenters. The van der Waals surface area contributed by atoms with Gasteiger partial charge < -0.3 is 5.32 Å². The van der Waals surface area contributed by atoms with Gasteiger partial charge in [0, 0.05) is 18.0 Å². The highest BCUT2D eigenvalue weighted by molar-refractivity contribution is 7.80. The quantitative estimate of drug-likeness (QED) is 0.783. The van der Waals surface area contributed by atoms with E-state index in [1.54, 1.807) is 6.07 Å². The van der Waals surface area contributed by atoms with Crippen LogP contribution in [0.2, 0.25) is 0 Å². The minimum atomic E-state index is -1.40. The summed E-state index contributed by atoms with van der Waals surface area (Å²) < 4.78 is 16.2. The van der Waals surface area contributed by atoms with Crippen molar-refractivity contribution in [3.8, 4) is 0 Å². The maximum absolute atomic E-state index is 11.8. The molecule has 106 valence electrons. The van der Waals surface area contributed by atoms with Crippen LogP contribution in [0.4, 0.5) is 0 Å².